The largest absolute Gasteiger partial charge is 0.480 e. The molecule has 0 unspecified atom stereocenters. The second kappa shape index (κ2) is 8.97. The van der Waals surface area contributed by atoms with Crippen LogP contribution >= 0.6 is 0 Å². The van der Waals surface area contributed by atoms with Crippen LogP contribution in [0.15, 0.2) is 24.4 Å². The number of nitrogens with zero attached hydrogens (tertiary/aromatic N) is 2. The number of carboxylic acids is 1. The number of carbonyl (C=O) groups is 2. The zero-order valence-electron chi connectivity index (χ0n) is 18.2. The number of benzene rings is 1. The lowest BCUT2D eigenvalue weighted by Crippen LogP contribution is -2.40. The van der Waals surface area contributed by atoms with Gasteiger partial charge in [-0.05, 0) is 44.9 Å². The fourth-order valence-corrected chi connectivity index (χ4v) is 3.64. The van der Waals surface area contributed by atoms with Crippen molar-refractivity contribution in [3.63, 3.8) is 0 Å². The summed E-state index contributed by atoms with van der Waals surface area (Å²) in [6.07, 6.45) is 1.08. The molecule has 1 aromatic carbocycles. The lowest BCUT2D eigenvalue weighted by Gasteiger charge is -2.26. The predicted molar refractivity (Wildman–Crippen MR) is 113 cm³/mol. The van der Waals surface area contributed by atoms with Gasteiger partial charge in [0.2, 0.25) is 5.88 Å². The van der Waals surface area contributed by atoms with Gasteiger partial charge in [0.05, 0.1) is 24.4 Å². The highest BCUT2D eigenvalue weighted by molar-refractivity contribution is 6.00. The van der Waals surface area contributed by atoms with Crippen LogP contribution in [0, 0.1) is 11.6 Å². The normalized spacial score (nSPS) is 16.1. The average Bonchev–Trinajstić information content (AvgIpc) is 3.12. The fourth-order valence-electron chi connectivity index (χ4n) is 3.64. The predicted octanol–water partition coefficient (Wildman–Crippen LogP) is 3.84. The molecule has 0 aliphatic carbocycles. The second-order valence-corrected chi connectivity index (χ2v) is 8.45. The van der Waals surface area contributed by atoms with Crippen molar-refractivity contribution in [1.82, 2.24) is 10.3 Å². The third-order valence-corrected chi connectivity index (χ3v) is 4.82. The van der Waals surface area contributed by atoms with Crippen LogP contribution in [0.1, 0.15) is 37.6 Å². The molecule has 32 heavy (non-hydrogen) atoms. The quantitative estimate of drug-likeness (QED) is 0.715. The molecule has 0 saturated carbocycles. The smallest absolute Gasteiger partial charge is 0.407 e. The van der Waals surface area contributed by atoms with E-state index in [9.17, 15) is 23.5 Å². The van der Waals surface area contributed by atoms with Gasteiger partial charge in [-0.15, -0.1) is 0 Å². The van der Waals surface area contributed by atoms with Crippen LogP contribution in [0.5, 0.6) is 5.88 Å². The van der Waals surface area contributed by atoms with Crippen molar-refractivity contribution in [2.75, 3.05) is 25.1 Å². The van der Waals surface area contributed by atoms with Crippen molar-refractivity contribution in [3.05, 3.63) is 41.6 Å². The zero-order chi connectivity index (χ0) is 23.6. The van der Waals surface area contributed by atoms with Crippen molar-refractivity contribution < 1.29 is 33.0 Å². The summed E-state index contributed by atoms with van der Waals surface area (Å²) in [4.78, 5) is 29.9. The van der Waals surface area contributed by atoms with Gasteiger partial charge in [0.15, 0.2) is 0 Å². The van der Waals surface area contributed by atoms with E-state index in [1.807, 2.05) is 0 Å². The average molecular weight is 449 g/mol. The Bertz CT molecular complexity index is 1020. The minimum atomic E-state index is -1.25. The summed E-state index contributed by atoms with van der Waals surface area (Å²) in [5.41, 5.74) is -0.352. The molecule has 2 heterocycles. The highest BCUT2D eigenvalue weighted by atomic mass is 19.1. The number of ether oxygens (including phenoxy) is 2. The van der Waals surface area contributed by atoms with E-state index in [-0.39, 0.29) is 40.8 Å². The van der Waals surface area contributed by atoms with Crippen molar-refractivity contribution in [2.45, 2.75) is 38.8 Å². The number of hydrogen-bond acceptors (Lipinski definition) is 6. The van der Waals surface area contributed by atoms with E-state index in [0.29, 0.717) is 13.0 Å². The summed E-state index contributed by atoms with van der Waals surface area (Å²) in [6.45, 7) is 5.90. The number of rotatable bonds is 5. The Balaban J connectivity index is 2.02. The van der Waals surface area contributed by atoms with E-state index in [2.05, 4.69) is 10.3 Å². The van der Waals surface area contributed by atoms with Gasteiger partial charge in [-0.3, -0.25) is 0 Å². The second-order valence-electron chi connectivity index (χ2n) is 8.45. The first-order chi connectivity index (χ1) is 15.0. The van der Waals surface area contributed by atoms with Crippen molar-refractivity contribution in [2.24, 2.45) is 0 Å². The van der Waals surface area contributed by atoms with E-state index in [0.717, 1.165) is 24.4 Å². The standard InChI is InChI=1S/C22H25F2N3O5/c1-22(2,3)32-21(30)26-15-5-6-27(11-15)18-16(20(28)29)10-25-19(31-4)17(18)12-7-13(23)9-14(24)8-12/h7-10,15H,5-6,11H2,1-4H3,(H,26,30)(H,28,29)/t15-/m0/s1. The molecule has 3 rings (SSSR count). The third kappa shape index (κ3) is 5.24. The molecule has 1 aliphatic rings. The van der Waals surface area contributed by atoms with Crippen molar-refractivity contribution in [3.8, 4) is 17.0 Å². The maximum atomic E-state index is 14.0. The topological polar surface area (TPSA) is 101 Å². The Morgan fingerprint density at radius 1 is 1.22 bits per heavy atom. The lowest BCUT2D eigenvalue weighted by molar-refractivity contribution is 0.0508. The minimum Gasteiger partial charge on any atom is -0.480 e. The monoisotopic (exact) mass is 449 g/mol. The molecule has 1 aliphatic heterocycles. The summed E-state index contributed by atoms with van der Waals surface area (Å²) >= 11 is 0. The summed E-state index contributed by atoms with van der Waals surface area (Å²) in [7, 11) is 1.34. The van der Waals surface area contributed by atoms with Crippen LogP contribution in [0.4, 0.5) is 19.3 Å². The van der Waals surface area contributed by atoms with E-state index in [4.69, 9.17) is 9.47 Å². The molecule has 8 nitrogen and oxygen atoms in total. The zero-order valence-corrected chi connectivity index (χ0v) is 18.2. The number of carbonyl (C=O) groups excluding carboxylic acids is 1. The molecule has 1 aromatic heterocycles. The van der Waals surface area contributed by atoms with Gasteiger partial charge in [-0.2, -0.15) is 0 Å². The van der Waals surface area contributed by atoms with Gasteiger partial charge in [0, 0.05) is 25.4 Å². The van der Waals surface area contributed by atoms with Crippen LogP contribution < -0.4 is 15.0 Å². The molecule has 1 fully saturated rings. The maximum Gasteiger partial charge on any atom is 0.407 e. The number of halogens is 2. The molecule has 10 heteroatoms. The number of amides is 1. The van der Waals surface area contributed by atoms with Gasteiger partial charge < -0.3 is 24.8 Å². The van der Waals surface area contributed by atoms with Crippen molar-refractivity contribution >= 4 is 17.7 Å². The van der Waals surface area contributed by atoms with Gasteiger partial charge in [0.25, 0.3) is 0 Å². The highest BCUT2D eigenvalue weighted by Gasteiger charge is 2.32. The third-order valence-electron chi connectivity index (χ3n) is 4.82. The molecule has 0 spiro atoms. The molecule has 1 saturated heterocycles. The molecule has 0 radical (unpaired) electrons. The van der Waals surface area contributed by atoms with Gasteiger partial charge >= 0.3 is 12.1 Å². The van der Waals surface area contributed by atoms with Crippen LogP contribution in [0.2, 0.25) is 0 Å². The molecular weight excluding hydrogens is 424 g/mol. The number of nitrogens with one attached hydrogen (secondary N) is 1. The van der Waals surface area contributed by atoms with Crippen LogP contribution in [-0.2, 0) is 4.74 Å². The fraction of sp³-hybridized carbons (Fsp3) is 0.409. The van der Waals surface area contributed by atoms with E-state index in [1.165, 1.54) is 7.11 Å². The first-order valence-electron chi connectivity index (χ1n) is 9.99. The molecule has 1 amide bonds. The summed E-state index contributed by atoms with van der Waals surface area (Å²) in [5.74, 6) is -2.87. The Kier molecular flexibility index (Phi) is 6.52. The molecule has 2 N–H and O–H groups in total. The van der Waals surface area contributed by atoms with E-state index >= 15 is 0 Å². The lowest BCUT2D eigenvalue weighted by atomic mass is 10.0. The maximum absolute atomic E-state index is 14.0. The number of hydrogen-bond donors (Lipinski definition) is 2. The number of aromatic nitrogens is 1. The summed E-state index contributed by atoms with van der Waals surface area (Å²) < 4.78 is 38.5. The molecular formula is C22H25F2N3O5. The minimum absolute atomic E-state index is 0.0264. The highest BCUT2D eigenvalue weighted by Crippen LogP contribution is 2.41. The first kappa shape index (κ1) is 23.2. The molecule has 1 atom stereocenters. The number of pyridine rings is 1. The van der Waals surface area contributed by atoms with E-state index < -0.39 is 29.3 Å². The Hall–Kier alpha value is -3.43. The van der Waals surface area contributed by atoms with Gasteiger partial charge in [-0.25, -0.2) is 23.4 Å². The van der Waals surface area contributed by atoms with Gasteiger partial charge in [-0.1, -0.05) is 0 Å². The number of carboxylic acid groups (broad SMARTS) is 1. The van der Waals surface area contributed by atoms with Gasteiger partial charge in [0.1, 0.15) is 22.8 Å². The molecule has 2 aromatic rings. The van der Waals surface area contributed by atoms with Crippen molar-refractivity contribution in [1.29, 1.82) is 0 Å². The van der Waals surface area contributed by atoms with Crippen LogP contribution in [0.3, 0.4) is 0 Å². The SMILES string of the molecule is COc1ncc(C(=O)O)c(N2CC[C@H](NC(=O)OC(C)(C)C)C2)c1-c1cc(F)cc(F)c1. The Labute approximate surface area is 184 Å². The summed E-state index contributed by atoms with van der Waals surface area (Å²) in [5, 5.41) is 12.5. The molecule has 0 bridgehead atoms. The first-order valence-corrected chi connectivity index (χ1v) is 9.99. The van der Waals surface area contributed by atoms with E-state index in [1.54, 1.807) is 25.7 Å². The Morgan fingerprint density at radius 2 is 1.88 bits per heavy atom. The van der Waals surface area contributed by atoms with Crippen LogP contribution in [-0.4, -0.2) is 54.0 Å². The summed E-state index contributed by atoms with van der Waals surface area (Å²) in [6, 6.07) is 2.58. The number of anilines is 1. The number of aromatic carboxylic acids is 1. The Morgan fingerprint density at radius 3 is 2.44 bits per heavy atom. The van der Waals surface area contributed by atoms with Crippen LogP contribution in [0.25, 0.3) is 11.1 Å². The number of alkyl carbamates (subject to hydrolysis) is 1. The number of methoxy groups -OCH3 is 1. The molecule has 172 valence electrons.